The number of ether oxygens (including phenoxy) is 1. The van der Waals surface area contributed by atoms with E-state index in [9.17, 15) is 13.2 Å². The molecule has 0 unspecified atom stereocenters. The Hall–Kier alpha value is -3.69. The summed E-state index contributed by atoms with van der Waals surface area (Å²) in [6, 6.07) is 19.0. The molecule has 0 fully saturated rings. The highest BCUT2D eigenvalue weighted by atomic mass is 32.2. The second-order valence-electron chi connectivity index (χ2n) is 7.04. The number of furan rings is 1. The van der Waals surface area contributed by atoms with E-state index in [1.165, 1.54) is 18.4 Å². The number of nitrogens with zero attached hydrogens (tertiary/aromatic N) is 2. The molecule has 9 heteroatoms. The molecule has 0 amide bonds. The molecule has 0 aliphatic rings. The third-order valence-corrected chi connectivity index (χ3v) is 6.17. The van der Waals surface area contributed by atoms with Gasteiger partial charge in [0.1, 0.15) is 18.1 Å². The van der Waals surface area contributed by atoms with Gasteiger partial charge >= 0.3 is 5.97 Å². The van der Waals surface area contributed by atoms with E-state index in [0.29, 0.717) is 17.0 Å². The molecular formula is C23H21N3O5S. The number of carbonyl (C=O) groups excluding carboxylic acids is 1. The van der Waals surface area contributed by atoms with E-state index < -0.39 is 16.0 Å². The fraction of sp³-hybridized carbons (Fsp3) is 0.130. The molecule has 0 saturated heterocycles. The van der Waals surface area contributed by atoms with Gasteiger partial charge in [0, 0.05) is 6.20 Å². The lowest BCUT2D eigenvalue weighted by Crippen LogP contribution is -2.23. The Morgan fingerprint density at radius 3 is 2.66 bits per heavy atom. The zero-order chi connectivity index (χ0) is 22.6. The Kier molecular flexibility index (Phi) is 6.20. The first-order valence-corrected chi connectivity index (χ1v) is 11.3. The van der Waals surface area contributed by atoms with E-state index in [2.05, 4.69) is 9.82 Å². The average Bonchev–Trinajstić information content (AvgIpc) is 3.49. The molecule has 164 valence electrons. The number of esters is 1. The van der Waals surface area contributed by atoms with Crippen molar-refractivity contribution < 1.29 is 22.4 Å². The van der Waals surface area contributed by atoms with Crippen LogP contribution in [0.1, 0.15) is 27.4 Å². The maximum absolute atomic E-state index is 12.7. The summed E-state index contributed by atoms with van der Waals surface area (Å²) < 4.78 is 39.9. The van der Waals surface area contributed by atoms with Crippen LogP contribution in [0.25, 0.3) is 5.69 Å². The molecule has 2 aromatic carbocycles. The largest absolute Gasteiger partial charge is 0.468 e. The number of benzene rings is 2. The van der Waals surface area contributed by atoms with Gasteiger partial charge in [0.25, 0.3) is 0 Å². The smallest absolute Gasteiger partial charge is 0.338 e. The van der Waals surface area contributed by atoms with Gasteiger partial charge in [-0.1, -0.05) is 24.3 Å². The van der Waals surface area contributed by atoms with Crippen molar-refractivity contribution in [1.82, 2.24) is 14.5 Å². The van der Waals surface area contributed by atoms with Crippen LogP contribution in [0.5, 0.6) is 0 Å². The van der Waals surface area contributed by atoms with Crippen LogP contribution < -0.4 is 4.72 Å². The van der Waals surface area contributed by atoms with Crippen molar-refractivity contribution in [2.45, 2.75) is 25.0 Å². The summed E-state index contributed by atoms with van der Waals surface area (Å²) in [6.45, 7) is 1.69. The van der Waals surface area contributed by atoms with Crippen LogP contribution in [0, 0.1) is 6.92 Å². The third kappa shape index (κ3) is 4.96. The molecule has 8 nitrogen and oxygen atoms in total. The minimum Gasteiger partial charge on any atom is -0.468 e. The van der Waals surface area contributed by atoms with Gasteiger partial charge in [0.15, 0.2) is 0 Å². The third-order valence-electron chi connectivity index (χ3n) is 4.77. The molecule has 0 aliphatic carbocycles. The molecule has 1 N–H and O–H groups in total. The SMILES string of the molecule is Cc1ccc(S(=O)(=O)NCc2ccco2)cc1C(=O)OCc1ccn(-c2ccccc2)n1. The van der Waals surface area contributed by atoms with Crippen molar-refractivity contribution in [2.24, 2.45) is 0 Å². The Morgan fingerprint density at radius 1 is 1.09 bits per heavy atom. The van der Waals surface area contributed by atoms with Gasteiger partial charge in [-0.25, -0.2) is 22.6 Å². The zero-order valence-electron chi connectivity index (χ0n) is 17.3. The molecule has 2 aromatic heterocycles. The lowest BCUT2D eigenvalue weighted by atomic mass is 10.1. The summed E-state index contributed by atoms with van der Waals surface area (Å²) in [6.07, 6.45) is 3.24. The van der Waals surface area contributed by atoms with Crippen LogP contribution in [-0.2, 0) is 27.9 Å². The van der Waals surface area contributed by atoms with Gasteiger partial charge in [-0.15, -0.1) is 0 Å². The maximum Gasteiger partial charge on any atom is 0.338 e. The maximum atomic E-state index is 12.7. The monoisotopic (exact) mass is 451 g/mol. The van der Waals surface area contributed by atoms with Crippen molar-refractivity contribution in [3.63, 3.8) is 0 Å². The second kappa shape index (κ2) is 9.21. The van der Waals surface area contributed by atoms with E-state index in [1.807, 2.05) is 30.3 Å². The molecule has 0 spiro atoms. The summed E-state index contributed by atoms with van der Waals surface area (Å²) in [7, 11) is -3.84. The molecule has 4 rings (SSSR count). The van der Waals surface area contributed by atoms with E-state index in [-0.39, 0.29) is 23.6 Å². The summed E-state index contributed by atoms with van der Waals surface area (Å²) in [5.74, 6) is -0.143. The van der Waals surface area contributed by atoms with Crippen molar-refractivity contribution in [3.8, 4) is 5.69 Å². The van der Waals surface area contributed by atoms with Crippen molar-refractivity contribution >= 4 is 16.0 Å². The number of hydrogen-bond donors (Lipinski definition) is 1. The van der Waals surface area contributed by atoms with Crippen LogP contribution in [0.3, 0.4) is 0 Å². The van der Waals surface area contributed by atoms with Gasteiger partial charge < -0.3 is 9.15 Å². The predicted octanol–water partition coefficient (Wildman–Crippen LogP) is 3.61. The summed E-state index contributed by atoms with van der Waals surface area (Å²) in [5.41, 5.74) is 2.24. The number of aromatic nitrogens is 2. The Bertz CT molecular complexity index is 1310. The van der Waals surface area contributed by atoms with Gasteiger partial charge in [0.2, 0.25) is 10.0 Å². The van der Waals surface area contributed by atoms with Crippen LogP contribution in [-0.4, -0.2) is 24.2 Å². The first-order chi connectivity index (χ1) is 15.4. The topological polar surface area (TPSA) is 103 Å². The minimum absolute atomic E-state index is 0.00701. The lowest BCUT2D eigenvalue weighted by Gasteiger charge is -2.10. The van der Waals surface area contributed by atoms with Crippen LogP contribution >= 0.6 is 0 Å². The van der Waals surface area contributed by atoms with Gasteiger partial charge in [-0.05, 0) is 55.0 Å². The number of nitrogens with one attached hydrogen (secondary N) is 1. The molecule has 0 bridgehead atoms. The molecule has 2 heterocycles. The number of hydrogen-bond acceptors (Lipinski definition) is 6. The number of para-hydroxylation sites is 1. The summed E-state index contributed by atoms with van der Waals surface area (Å²) in [4.78, 5) is 12.6. The number of rotatable bonds is 8. The van der Waals surface area contributed by atoms with Crippen molar-refractivity contribution in [2.75, 3.05) is 0 Å². The van der Waals surface area contributed by atoms with Gasteiger partial charge in [0.05, 0.1) is 29.0 Å². The van der Waals surface area contributed by atoms with Crippen molar-refractivity contribution in [3.05, 3.63) is 102 Å². The van der Waals surface area contributed by atoms with E-state index in [4.69, 9.17) is 9.15 Å². The number of carbonyl (C=O) groups is 1. The average molecular weight is 452 g/mol. The van der Waals surface area contributed by atoms with E-state index >= 15 is 0 Å². The fourth-order valence-corrected chi connectivity index (χ4v) is 4.05. The quantitative estimate of drug-likeness (QED) is 0.411. The minimum atomic E-state index is -3.84. The second-order valence-corrected chi connectivity index (χ2v) is 8.81. The first-order valence-electron chi connectivity index (χ1n) is 9.82. The number of aryl methyl sites for hydroxylation is 1. The van der Waals surface area contributed by atoms with E-state index in [1.54, 1.807) is 42.1 Å². The summed E-state index contributed by atoms with van der Waals surface area (Å²) in [5, 5.41) is 4.40. The van der Waals surface area contributed by atoms with Crippen LogP contribution in [0.2, 0.25) is 0 Å². The highest BCUT2D eigenvalue weighted by Crippen LogP contribution is 2.18. The highest BCUT2D eigenvalue weighted by Gasteiger charge is 2.19. The normalized spacial score (nSPS) is 11.4. The van der Waals surface area contributed by atoms with Crippen LogP contribution in [0.15, 0.2) is 88.5 Å². The molecular weight excluding hydrogens is 430 g/mol. The highest BCUT2D eigenvalue weighted by molar-refractivity contribution is 7.89. The lowest BCUT2D eigenvalue weighted by molar-refractivity contribution is 0.0466. The molecule has 0 radical (unpaired) electrons. The van der Waals surface area contributed by atoms with E-state index in [0.717, 1.165) is 5.69 Å². The zero-order valence-corrected chi connectivity index (χ0v) is 18.1. The van der Waals surface area contributed by atoms with Crippen molar-refractivity contribution in [1.29, 1.82) is 0 Å². The molecule has 4 aromatic rings. The molecule has 0 aliphatic heterocycles. The Labute approximate surface area is 185 Å². The Balaban J connectivity index is 1.44. The van der Waals surface area contributed by atoms with Gasteiger partial charge in [-0.3, -0.25) is 0 Å². The molecule has 0 saturated carbocycles. The predicted molar refractivity (Wildman–Crippen MR) is 117 cm³/mol. The molecule has 0 atom stereocenters. The first kappa shape index (κ1) is 21.5. The standard InChI is InChI=1S/C23H21N3O5S/c1-17-9-10-21(32(28,29)24-15-20-8-5-13-30-20)14-22(17)23(27)31-16-18-11-12-26(25-18)19-6-3-2-4-7-19/h2-14,24H,15-16H2,1H3. The number of sulfonamides is 1. The summed E-state index contributed by atoms with van der Waals surface area (Å²) >= 11 is 0. The Morgan fingerprint density at radius 2 is 1.91 bits per heavy atom. The fourth-order valence-electron chi connectivity index (χ4n) is 3.03. The van der Waals surface area contributed by atoms with Gasteiger partial charge in [-0.2, -0.15) is 5.10 Å². The molecule has 32 heavy (non-hydrogen) atoms. The van der Waals surface area contributed by atoms with Crippen LogP contribution in [0.4, 0.5) is 0 Å².